The summed E-state index contributed by atoms with van der Waals surface area (Å²) in [6, 6.07) is 3.59. The summed E-state index contributed by atoms with van der Waals surface area (Å²) in [5.41, 5.74) is 6.61. The molecule has 0 radical (unpaired) electrons. The Bertz CT molecular complexity index is 360. The van der Waals surface area contributed by atoms with Crippen molar-refractivity contribution in [3.63, 3.8) is 0 Å². The maximum Gasteiger partial charge on any atom is 0.123 e. The zero-order chi connectivity index (χ0) is 12.1. The molecule has 4 heteroatoms. The summed E-state index contributed by atoms with van der Waals surface area (Å²) in [5.74, 6) is 0.552. The van der Waals surface area contributed by atoms with Crippen LogP contribution in [0.4, 0.5) is 5.82 Å². The number of anilines is 1. The fraction of sp³-hybridized carbons (Fsp3) is 0.615. The van der Waals surface area contributed by atoms with Crippen LogP contribution in [0.15, 0.2) is 12.1 Å². The number of likely N-dealkylation sites (tertiary alicyclic amines) is 1. The predicted molar refractivity (Wildman–Crippen MR) is 72.0 cm³/mol. The predicted octanol–water partition coefficient (Wildman–Crippen LogP) is 3.08. The van der Waals surface area contributed by atoms with Gasteiger partial charge in [-0.1, -0.05) is 30.9 Å². The van der Waals surface area contributed by atoms with E-state index in [2.05, 4.69) is 9.88 Å². The molecule has 0 amide bonds. The Morgan fingerprint density at radius 1 is 1.12 bits per heavy atom. The largest absolute Gasteiger partial charge is 0.384 e. The molecule has 1 aromatic rings. The Morgan fingerprint density at radius 3 is 2.47 bits per heavy atom. The topological polar surface area (TPSA) is 42.1 Å². The van der Waals surface area contributed by atoms with Crippen molar-refractivity contribution in [3.8, 4) is 0 Å². The summed E-state index contributed by atoms with van der Waals surface area (Å²) >= 11 is 6.14. The van der Waals surface area contributed by atoms with E-state index in [1.54, 1.807) is 6.07 Å². The van der Waals surface area contributed by atoms with Crippen LogP contribution in [0.2, 0.25) is 5.02 Å². The molecule has 2 rings (SSSR count). The normalized spacial score (nSPS) is 18.6. The van der Waals surface area contributed by atoms with Gasteiger partial charge in [-0.2, -0.15) is 0 Å². The maximum atomic E-state index is 6.14. The van der Waals surface area contributed by atoms with Crippen LogP contribution < -0.4 is 5.73 Å². The van der Waals surface area contributed by atoms with Crippen molar-refractivity contribution >= 4 is 17.4 Å². The van der Waals surface area contributed by atoms with Crippen LogP contribution in [0, 0.1) is 0 Å². The molecule has 0 atom stereocenters. The lowest BCUT2D eigenvalue weighted by atomic mass is 10.1. The van der Waals surface area contributed by atoms with Crippen LogP contribution in [-0.2, 0) is 6.54 Å². The molecule has 1 aromatic heterocycles. The second-order valence-electron chi connectivity index (χ2n) is 4.71. The van der Waals surface area contributed by atoms with Gasteiger partial charge < -0.3 is 5.73 Å². The van der Waals surface area contributed by atoms with Crippen LogP contribution in [0.25, 0.3) is 0 Å². The number of pyridine rings is 1. The number of nitrogens with zero attached hydrogens (tertiary/aromatic N) is 2. The molecule has 2 N–H and O–H groups in total. The summed E-state index contributed by atoms with van der Waals surface area (Å²) < 4.78 is 0. The Balaban J connectivity index is 2.00. The quantitative estimate of drug-likeness (QED) is 0.881. The molecule has 1 saturated heterocycles. The Labute approximate surface area is 108 Å². The molecule has 1 aliphatic rings. The van der Waals surface area contributed by atoms with Crippen molar-refractivity contribution in [2.75, 3.05) is 18.8 Å². The summed E-state index contributed by atoms with van der Waals surface area (Å²) in [6.45, 7) is 3.11. The minimum absolute atomic E-state index is 0.552. The second kappa shape index (κ2) is 6.22. The smallest absolute Gasteiger partial charge is 0.123 e. The number of hydrogen-bond acceptors (Lipinski definition) is 3. The molecule has 0 aromatic carbocycles. The molecular formula is C13H20ClN3. The van der Waals surface area contributed by atoms with Gasteiger partial charge in [0.2, 0.25) is 0 Å². The van der Waals surface area contributed by atoms with E-state index in [1.807, 2.05) is 6.07 Å². The van der Waals surface area contributed by atoms with E-state index in [0.29, 0.717) is 5.82 Å². The molecule has 2 heterocycles. The fourth-order valence-corrected chi connectivity index (χ4v) is 2.46. The first-order valence-corrected chi connectivity index (χ1v) is 6.77. The zero-order valence-corrected chi connectivity index (χ0v) is 10.9. The van der Waals surface area contributed by atoms with Crippen molar-refractivity contribution in [1.29, 1.82) is 0 Å². The van der Waals surface area contributed by atoms with E-state index < -0.39 is 0 Å². The monoisotopic (exact) mass is 253 g/mol. The average Bonchev–Trinajstić information content (AvgIpc) is 2.27. The van der Waals surface area contributed by atoms with Gasteiger partial charge in [0.25, 0.3) is 0 Å². The van der Waals surface area contributed by atoms with E-state index in [9.17, 15) is 0 Å². The van der Waals surface area contributed by atoms with Crippen molar-refractivity contribution in [2.24, 2.45) is 0 Å². The number of halogens is 1. The molecular weight excluding hydrogens is 234 g/mol. The summed E-state index contributed by atoms with van der Waals surface area (Å²) in [4.78, 5) is 6.76. The van der Waals surface area contributed by atoms with Crippen molar-refractivity contribution in [1.82, 2.24) is 9.88 Å². The van der Waals surface area contributed by atoms with Crippen LogP contribution >= 0.6 is 11.6 Å². The summed E-state index contributed by atoms with van der Waals surface area (Å²) in [7, 11) is 0. The van der Waals surface area contributed by atoms with Crippen molar-refractivity contribution in [3.05, 3.63) is 22.8 Å². The highest BCUT2D eigenvalue weighted by Gasteiger charge is 2.11. The molecule has 0 bridgehead atoms. The molecule has 17 heavy (non-hydrogen) atoms. The number of nitrogen functional groups attached to an aromatic ring is 1. The van der Waals surface area contributed by atoms with Gasteiger partial charge in [0.15, 0.2) is 0 Å². The van der Waals surface area contributed by atoms with E-state index in [4.69, 9.17) is 17.3 Å². The van der Waals surface area contributed by atoms with E-state index in [1.165, 1.54) is 32.1 Å². The van der Waals surface area contributed by atoms with E-state index in [-0.39, 0.29) is 0 Å². The molecule has 1 aliphatic heterocycles. The fourth-order valence-electron chi connectivity index (χ4n) is 2.29. The third kappa shape index (κ3) is 3.86. The van der Waals surface area contributed by atoms with Gasteiger partial charge in [-0.3, -0.25) is 4.90 Å². The maximum absolute atomic E-state index is 6.14. The molecule has 0 aliphatic carbocycles. The summed E-state index contributed by atoms with van der Waals surface area (Å²) in [6.07, 6.45) is 6.62. The lowest BCUT2D eigenvalue weighted by Gasteiger charge is -2.24. The summed E-state index contributed by atoms with van der Waals surface area (Å²) in [5, 5.41) is 0.723. The van der Waals surface area contributed by atoms with Gasteiger partial charge in [-0.15, -0.1) is 0 Å². The van der Waals surface area contributed by atoms with Crippen LogP contribution in [-0.4, -0.2) is 23.0 Å². The minimum Gasteiger partial charge on any atom is -0.384 e. The number of aromatic nitrogens is 1. The van der Waals surface area contributed by atoms with Crippen molar-refractivity contribution < 1.29 is 0 Å². The Morgan fingerprint density at radius 2 is 1.76 bits per heavy atom. The van der Waals surface area contributed by atoms with E-state index >= 15 is 0 Å². The average molecular weight is 254 g/mol. The molecule has 1 fully saturated rings. The third-order valence-electron chi connectivity index (χ3n) is 3.26. The van der Waals surface area contributed by atoms with Crippen molar-refractivity contribution in [2.45, 2.75) is 38.6 Å². The molecule has 0 spiro atoms. The highest BCUT2D eigenvalue weighted by molar-refractivity contribution is 6.31. The van der Waals surface area contributed by atoms with Crippen LogP contribution in [0.3, 0.4) is 0 Å². The van der Waals surface area contributed by atoms with Gasteiger partial charge in [0.05, 0.1) is 10.7 Å². The van der Waals surface area contributed by atoms with Gasteiger partial charge in [-0.25, -0.2) is 4.98 Å². The highest BCUT2D eigenvalue weighted by atomic mass is 35.5. The Hall–Kier alpha value is -0.800. The molecule has 0 saturated carbocycles. The van der Waals surface area contributed by atoms with Gasteiger partial charge in [-0.05, 0) is 38.1 Å². The Kier molecular flexibility index (Phi) is 4.63. The minimum atomic E-state index is 0.552. The number of hydrogen-bond donors (Lipinski definition) is 1. The highest BCUT2D eigenvalue weighted by Crippen LogP contribution is 2.19. The lowest BCUT2D eigenvalue weighted by molar-refractivity contribution is 0.237. The molecule has 0 unspecified atom stereocenters. The third-order valence-corrected chi connectivity index (χ3v) is 3.61. The van der Waals surface area contributed by atoms with Gasteiger partial charge >= 0.3 is 0 Å². The van der Waals surface area contributed by atoms with Gasteiger partial charge in [0, 0.05) is 6.54 Å². The molecule has 94 valence electrons. The first-order chi connectivity index (χ1) is 8.25. The zero-order valence-electron chi connectivity index (χ0n) is 10.2. The first kappa shape index (κ1) is 12.7. The number of nitrogens with two attached hydrogens (primary N) is 1. The molecule has 3 nitrogen and oxygen atoms in total. The number of rotatable bonds is 2. The van der Waals surface area contributed by atoms with E-state index in [0.717, 1.165) is 30.4 Å². The van der Waals surface area contributed by atoms with Crippen LogP contribution in [0.1, 0.15) is 37.8 Å². The standard InChI is InChI=1S/C13H20ClN3/c14-11-6-7-13(15)16-12(11)10-17-8-4-2-1-3-5-9-17/h6-7H,1-5,8-10H2,(H2,15,16). The SMILES string of the molecule is Nc1ccc(Cl)c(CN2CCCCCCC2)n1. The van der Waals surface area contributed by atoms with Gasteiger partial charge in [0.1, 0.15) is 5.82 Å². The first-order valence-electron chi connectivity index (χ1n) is 6.39. The lowest BCUT2D eigenvalue weighted by Crippen LogP contribution is -2.27. The van der Waals surface area contributed by atoms with Crippen LogP contribution in [0.5, 0.6) is 0 Å². The second-order valence-corrected chi connectivity index (χ2v) is 5.12.